The fourth-order valence-corrected chi connectivity index (χ4v) is 10.8. The molecule has 2 heterocycles. The summed E-state index contributed by atoms with van der Waals surface area (Å²) in [6, 6.07) is 72.5. The summed E-state index contributed by atoms with van der Waals surface area (Å²) in [5, 5.41) is 14.5. The normalized spacial score (nSPS) is 15.2. The van der Waals surface area contributed by atoms with E-state index in [9.17, 15) is 0 Å². The molecular formula is C61H42N4. The summed E-state index contributed by atoms with van der Waals surface area (Å²) in [6.07, 6.45) is 1.49. The van der Waals surface area contributed by atoms with E-state index in [0.29, 0.717) is 5.84 Å². The molecule has 10 aromatic carbocycles. The van der Waals surface area contributed by atoms with Crippen molar-refractivity contribution in [2.24, 2.45) is 9.98 Å². The Bertz CT molecular complexity index is 3840. The average molecular weight is 831 g/mol. The highest BCUT2D eigenvalue weighted by Gasteiger charge is 2.36. The van der Waals surface area contributed by atoms with Gasteiger partial charge in [0, 0.05) is 22.6 Å². The third-order valence-corrected chi connectivity index (χ3v) is 14.0. The quantitative estimate of drug-likeness (QED) is 0.176. The first kappa shape index (κ1) is 37.4. The van der Waals surface area contributed by atoms with Crippen LogP contribution in [0.4, 0.5) is 0 Å². The zero-order valence-electron chi connectivity index (χ0n) is 36.0. The second-order valence-corrected chi connectivity index (χ2v) is 17.9. The van der Waals surface area contributed by atoms with Crippen LogP contribution in [-0.2, 0) is 5.41 Å². The topological polar surface area (TPSA) is 49.6 Å². The molecule has 0 radical (unpaired) electrons. The minimum Gasteiger partial charge on any atom is -0.344 e. The predicted octanol–water partition coefficient (Wildman–Crippen LogP) is 15.0. The van der Waals surface area contributed by atoms with Gasteiger partial charge >= 0.3 is 0 Å². The standard InChI is InChI=1S/C61H42N4/c1-61(2)54-27-11-10-21-49(54)50-33-30-40(35-55(50)61)59-63-58(39-17-4-3-5-18-39)64-60(65-59)56-53(46-25-13-23-44-42-20-9-7-16-38(42)29-32-48(44)46)36-52(51-26-14-34-62-57(51)56)45-24-12-22-43-41-19-8-6-15-37(41)28-31-47(43)45/h3-36,59H,1-2H3,(H,63,64,65). The number of benzene rings is 10. The fraction of sp³-hybridized carbons (Fsp3) is 0.0656. The van der Waals surface area contributed by atoms with E-state index in [2.05, 4.69) is 213 Å². The summed E-state index contributed by atoms with van der Waals surface area (Å²) in [7, 11) is 0. The number of hydrogen-bond donors (Lipinski definition) is 1. The summed E-state index contributed by atoms with van der Waals surface area (Å²) in [6.45, 7) is 4.66. The molecule has 65 heavy (non-hydrogen) atoms. The van der Waals surface area contributed by atoms with Gasteiger partial charge in [0.05, 0.1) is 11.1 Å². The van der Waals surface area contributed by atoms with Gasteiger partial charge < -0.3 is 5.32 Å². The highest BCUT2D eigenvalue weighted by molar-refractivity contribution is 6.24. The molecule has 13 rings (SSSR count). The van der Waals surface area contributed by atoms with Crippen molar-refractivity contribution in [3.63, 3.8) is 0 Å². The highest BCUT2D eigenvalue weighted by atomic mass is 15.2. The third kappa shape index (κ3) is 5.80. The lowest BCUT2D eigenvalue weighted by atomic mass is 9.82. The Labute approximate surface area is 377 Å². The first-order valence-electron chi connectivity index (χ1n) is 22.5. The van der Waals surface area contributed by atoms with Gasteiger partial charge in [-0.1, -0.05) is 202 Å². The molecule has 1 aromatic heterocycles. The molecule has 0 saturated carbocycles. The molecule has 2 aliphatic rings. The Morgan fingerprint density at radius 2 is 1.03 bits per heavy atom. The molecule has 0 fully saturated rings. The molecule has 1 aliphatic carbocycles. The molecule has 1 unspecified atom stereocenters. The van der Waals surface area contributed by atoms with Crippen molar-refractivity contribution >= 4 is 65.7 Å². The average Bonchev–Trinajstić information content (AvgIpc) is 3.60. The monoisotopic (exact) mass is 830 g/mol. The van der Waals surface area contributed by atoms with Crippen molar-refractivity contribution < 1.29 is 0 Å². The molecule has 11 aromatic rings. The van der Waals surface area contributed by atoms with Crippen molar-refractivity contribution in [2.75, 3.05) is 0 Å². The van der Waals surface area contributed by atoms with Crippen molar-refractivity contribution in [2.45, 2.75) is 25.4 Å². The molecule has 0 spiro atoms. The van der Waals surface area contributed by atoms with Crippen molar-refractivity contribution in [1.82, 2.24) is 10.3 Å². The number of rotatable bonds is 5. The van der Waals surface area contributed by atoms with Gasteiger partial charge in [0.25, 0.3) is 0 Å². The lowest BCUT2D eigenvalue weighted by Gasteiger charge is -2.27. The smallest absolute Gasteiger partial charge is 0.162 e. The minimum atomic E-state index is -0.420. The van der Waals surface area contributed by atoms with Crippen LogP contribution in [0.25, 0.3) is 87.4 Å². The van der Waals surface area contributed by atoms with E-state index >= 15 is 0 Å². The van der Waals surface area contributed by atoms with Crippen LogP contribution >= 0.6 is 0 Å². The van der Waals surface area contributed by atoms with Crippen LogP contribution in [0, 0.1) is 0 Å². The second-order valence-electron chi connectivity index (χ2n) is 17.9. The minimum absolute atomic E-state index is 0.158. The molecule has 1 N–H and O–H groups in total. The summed E-state index contributed by atoms with van der Waals surface area (Å²) in [5.41, 5.74) is 13.3. The summed E-state index contributed by atoms with van der Waals surface area (Å²) < 4.78 is 0. The first-order valence-corrected chi connectivity index (χ1v) is 22.5. The number of aliphatic imine (C=N–C) groups is 2. The summed E-state index contributed by atoms with van der Waals surface area (Å²) >= 11 is 0. The van der Waals surface area contributed by atoms with Gasteiger partial charge in [-0.2, -0.15) is 0 Å². The maximum Gasteiger partial charge on any atom is 0.162 e. The number of nitrogens with zero attached hydrogens (tertiary/aromatic N) is 3. The number of nitrogens with one attached hydrogen (secondary N) is 1. The van der Waals surface area contributed by atoms with Gasteiger partial charge in [-0.05, 0) is 105 Å². The summed E-state index contributed by atoms with van der Waals surface area (Å²) in [5.74, 6) is 1.41. The molecular weight excluding hydrogens is 789 g/mol. The van der Waals surface area contributed by atoms with E-state index in [0.717, 1.165) is 61.1 Å². The molecule has 0 amide bonds. The number of fused-ring (bicyclic) bond motifs is 10. The van der Waals surface area contributed by atoms with Crippen LogP contribution in [-0.4, -0.2) is 16.7 Å². The Kier molecular flexibility index (Phi) is 8.28. The molecule has 4 nitrogen and oxygen atoms in total. The van der Waals surface area contributed by atoms with E-state index in [1.807, 2.05) is 12.3 Å². The van der Waals surface area contributed by atoms with E-state index in [1.165, 1.54) is 60.0 Å². The van der Waals surface area contributed by atoms with Crippen molar-refractivity contribution in [3.05, 3.63) is 234 Å². The van der Waals surface area contributed by atoms with Crippen molar-refractivity contribution in [1.29, 1.82) is 0 Å². The van der Waals surface area contributed by atoms with Crippen molar-refractivity contribution in [3.8, 4) is 33.4 Å². The fourth-order valence-electron chi connectivity index (χ4n) is 10.8. The third-order valence-electron chi connectivity index (χ3n) is 14.0. The van der Waals surface area contributed by atoms with Crippen LogP contribution in [0.2, 0.25) is 0 Å². The highest BCUT2D eigenvalue weighted by Crippen LogP contribution is 2.50. The van der Waals surface area contributed by atoms with Crippen LogP contribution < -0.4 is 5.32 Å². The Hall–Kier alpha value is -8.21. The largest absolute Gasteiger partial charge is 0.344 e. The number of hydrogen-bond acceptors (Lipinski definition) is 4. The molecule has 0 bridgehead atoms. The maximum atomic E-state index is 5.65. The first-order chi connectivity index (χ1) is 32.0. The van der Waals surface area contributed by atoms with E-state index in [-0.39, 0.29) is 5.41 Å². The zero-order valence-corrected chi connectivity index (χ0v) is 36.0. The molecule has 0 saturated heterocycles. The lowest BCUT2D eigenvalue weighted by Crippen LogP contribution is -2.34. The van der Waals surface area contributed by atoms with Gasteiger partial charge in [-0.15, -0.1) is 0 Å². The zero-order chi connectivity index (χ0) is 43.2. The number of aromatic nitrogens is 1. The van der Waals surface area contributed by atoms with Gasteiger partial charge in [0.1, 0.15) is 12.0 Å². The van der Waals surface area contributed by atoms with Crippen LogP contribution in [0.1, 0.15) is 47.8 Å². The number of pyridine rings is 1. The van der Waals surface area contributed by atoms with Crippen LogP contribution in [0.5, 0.6) is 0 Å². The van der Waals surface area contributed by atoms with Crippen LogP contribution in [0.3, 0.4) is 0 Å². The SMILES string of the molecule is CC1(C)c2ccccc2-c2ccc(C3N=C(c4c(-c5cccc6c5ccc5ccccc56)cc(-c5cccc6c5ccc5ccccc56)c5cccnc45)N=C(c4ccccc4)N3)cc21. The summed E-state index contributed by atoms with van der Waals surface area (Å²) in [4.78, 5) is 16.5. The van der Waals surface area contributed by atoms with Gasteiger partial charge in [-0.25, -0.2) is 9.98 Å². The second kappa shape index (κ2) is 14.4. The van der Waals surface area contributed by atoms with Gasteiger partial charge in [0.2, 0.25) is 0 Å². The predicted molar refractivity (Wildman–Crippen MR) is 272 cm³/mol. The maximum absolute atomic E-state index is 5.65. The lowest BCUT2D eigenvalue weighted by molar-refractivity contribution is 0.645. The van der Waals surface area contributed by atoms with E-state index in [1.54, 1.807) is 0 Å². The van der Waals surface area contributed by atoms with Crippen LogP contribution in [0.15, 0.2) is 216 Å². The molecule has 4 heteroatoms. The van der Waals surface area contributed by atoms with Gasteiger partial charge in [0.15, 0.2) is 5.84 Å². The Morgan fingerprint density at radius 1 is 0.431 bits per heavy atom. The number of amidine groups is 2. The molecule has 1 atom stereocenters. The molecule has 306 valence electrons. The molecule has 1 aliphatic heterocycles. The van der Waals surface area contributed by atoms with E-state index in [4.69, 9.17) is 15.0 Å². The van der Waals surface area contributed by atoms with E-state index < -0.39 is 6.17 Å². The Balaban J connectivity index is 1.11. The van der Waals surface area contributed by atoms with Gasteiger partial charge in [-0.3, -0.25) is 4.98 Å². The Morgan fingerprint density at radius 3 is 1.77 bits per heavy atom.